The molecule has 0 fully saturated rings. The lowest BCUT2D eigenvalue weighted by Crippen LogP contribution is -2.22. The molecule has 0 aliphatic rings. The molecule has 116 valence electrons. The molecule has 0 spiro atoms. The number of alkyl halides is 3. The zero-order chi connectivity index (χ0) is 14.6. The van der Waals surface area contributed by atoms with E-state index in [2.05, 4.69) is 0 Å². The third-order valence-electron chi connectivity index (χ3n) is 2.99. The molecule has 7 heteroatoms. The van der Waals surface area contributed by atoms with Crippen molar-refractivity contribution in [1.29, 1.82) is 0 Å². The molecule has 1 aromatic rings. The first-order valence-corrected chi connectivity index (χ1v) is 6.18. The van der Waals surface area contributed by atoms with Crippen molar-refractivity contribution in [3.8, 4) is 5.75 Å². The van der Waals surface area contributed by atoms with E-state index >= 15 is 0 Å². The van der Waals surface area contributed by atoms with Gasteiger partial charge in [-0.2, -0.15) is 13.2 Å². The largest absolute Gasteiger partial charge is 0.508 e. The van der Waals surface area contributed by atoms with Crippen LogP contribution in [0.15, 0.2) is 18.2 Å². The SMILES string of the molecule is CCN(CC)c1ccc([C@@H](N)CC(F)(F)F)c(O)c1.Cl. The summed E-state index contributed by atoms with van der Waals surface area (Å²) in [6.45, 7) is 5.43. The second-order valence-electron chi connectivity index (χ2n) is 4.34. The number of hydrogen-bond donors (Lipinski definition) is 2. The quantitative estimate of drug-likeness (QED) is 0.873. The monoisotopic (exact) mass is 312 g/mol. The lowest BCUT2D eigenvalue weighted by atomic mass is 10.0. The first kappa shape index (κ1) is 18.9. The van der Waals surface area contributed by atoms with Crippen molar-refractivity contribution in [2.24, 2.45) is 5.73 Å². The fourth-order valence-corrected chi connectivity index (χ4v) is 1.99. The lowest BCUT2D eigenvalue weighted by molar-refractivity contribution is -0.138. The average Bonchev–Trinajstić information content (AvgIpc) is 2.28. The molecular formula is C13H20ClF3N2O. The molecule has 0 aliphatic heterocycles. The molecule has 0 radical (unpaired) electrons. The molecule has 0 saturated carbocycles. The van der Waals surface area contributed by atoms with E-state index in [1.807, 2.05) is 18.7 Å². The lowest BCUT2D eigenvalue weighted by Gasteiger charge is -2.23. The zero-order valence-corrected chi connectivity index (χ0v) is 12.3. The minimum Gasteiger partial charge on any atom is -0.508 e. The van der Waals surface area contributed by atoms with E-state index in [1.54, 1.807) is 6.07 Å². The van der Waals surface area contributed by atoms with Crippen molar-refractivity contribution in [3.63, 3.8) is 0 Å². The molecule has 0 aromatic heterocycles. The van der Waals surface area contributed by atoms with E-state index in [1.165, 1.54) is 12.1 Å². The Morgan fingerprint density at radius 2 is 1.80 bits per heavy atom. The van der Waals surface area contributed by atoms with Crippen LogP contribution < -0.4 is 10.6 Å². The van der Waals surface area contributed by atoms with E-state index in [-0.39, 0.29) is 23.7 Å². The third-order valence-corrected chi connectivity index (χ3v) is 2.99. The van der Waals surface area contributed by atoms with Crippen LogP contribution in [0, 0.1) is 0 Å². The first-order chi connectivity index (χ1) is 8.78. The van der Waals surface area contributed by atoms with E-state index in [4.69, 9.17) is 5.73 Å². The van der Waals surface area contributed by atoms with Gasteiger partial charge in [-0.1, -0.05) is 6.07 Å². The number of phenolic OH excluding ortho intramolecular Hbond substituents is 1. The number of rotatable bonds is 5. The van der Waals surface area contributed by atoms with E-state index < -0.39 is 18.6 Å². The minimum absolute atomic E-state index is 0. The Balaban J connectivity index is 0.00000361. The molecule has 1 rings (SSSR count). The van der Waals surface area contributed by atoms with Crippen LogP contribution in [0.1, 0.15) is 31.9 Å². The Bertz CT molecular complexity index is 423. The van der Waals surface area contributed by atoms with Crippen molar-refractivity contribution in [3.05, 3.63) is 23.8 Å². The van der Waals surface area contributed by atoms with Crippen LogP contribution in [0.3, 0.4) is 0 Å². The summed E-state index contributed by atoms with van der Waals surface area (Å²) in [5, 5.41) is 9.82. The summed E-state index contributed by atoms with van der Waals surface area (Å²) in [6, 6.07) is 3.35. The second-order valence-corrected chi connectivity index (χ2v) is 4.34. The van der Waals surface area contributed by atoms with Crippen molar-refractivity contribution in [2.45, 2.75) is 32.5 Å². The highest BCUT2D eigenvalue weighted by Gasteiger charge is 2.31. The van der Waals surface area contributed by atoms with Gasteiger partial charge in [0.1, 0.15) is 5.75 Å². The van der Waals surface area contributed by atoms with E-state index in [9.17, 15) is 18.3 Å². The fraction of sp³-hybridized carbons (Fsp3) is 0.538. The predicted octanol–water partition coefficient (Wildman–Crippen LogP) is 3.61. The van der Waals surface area contributed by atoms with Gasteiger partial charge in [0.25, 0.3) is 0 Å². The summed E-state index contributed by atoms with van der Waals surface area (Å²) in [5.74, 6) is -0.193. The summed E-state index contributed by atoms with van der Waals surface area (Å²) in [4.78, 5) is 1.98. The van der Waals surface area contributed by atoms with E-state index in [0.717, 1.165) is 18.8 Å². The maximum atomic E-state index is 12.3. The van der Waals surface area contributed by atoms with Crippen LogP contribution in [-0.2, 0) is 0 Å². The van der Waals surface area contributed by atoms with Crippen LogP contribution in [-0.4, -0.2) is 24.4 Å². The number of phenols is 1. The van der Waals surface area contributed by atoms with Gasteiger partial charge >= 0.3 is 6.18 Å². The fourth-order valence-electron chi connectivity index (χ4n) is 1.99. The molecule has 0 amide bonds. The van der Waals surface area contributed by atoms with Gasteiger partial charge in [-0.05, 0) is 19.9 Å². The van der Waals surface area contributed by atoms with Gasteiger partial charge in [-0.3, -0.25) is 0 Å². The molecule has 0 bridgehead atoms. The van der Waals surface area contributed by atoms with Gasteiger partial charge in [-0.25, -0.2) is 0 Å². The summed E-state index contributed by atoms with van der Waals surface area (Å²) < 4.78 is 36.8. The number of aromatic hydroxyl groups is 1. The highest BCUT2D eigenvalue weighted by molar-refractivity contribution is 5.85. The van der Waals surface area contributed by atoms with Crippen molar-refractivity contribution >= 4 is 18.1 Å². The molecule has 20 heavy (non-hydrogen) atoms. The number of hydrogen-bond acceptors (Lipinski definition) is 3. The first-order valence-electron chi connectivity index (χ1n) is 6.18. The number of nitrogens with two attached hydrogens (primary N) is 1. The standard InChI is InChI=1S/C13H19F3N2O.ClH/c1-3-18(4-2)9-5-6-10(12(19)7-9)11(17)8-13(14,15)16;/h5-7,11,19H,3-4,8,17H2,1-2H3;1H/t11-;/m0./s1. The predicted molar refractivity (Wildman–Crippen MR) is 76.5 cm³/mol. The smallest absolute Gasteiger partial charge is 0.390 e. The molecule has 0 aliphatic carbocycles. The number of benzene rings is 1. The molecule has 0 heterocycles. The van der Waals surface area contributed by atoms with Gasteiger partial charge in [-0.15, -0.1) is 12.4 Å². The average molecular weight is 313 g/mol. The Morgan fingerprint density at radius 1 is 1.25 bits per heavy atom. The number of anilines is 1. The van der Waals surface area contributed by atoms with Gasteiger partial charge in [0.15, 0.2) is 0 Å². The Kier molecular flexibility index (Phi) is 7.16. The summed E-state index contributed by atoms with van der Waals surface area (Å²) >= 11 is 0. The van der Waals surface area contributed by atoms with Gasteiger partial charge in [0.2, 0.25) is 0 Å². The van der Waals surface area contributed by atoms with Crippen molar-refractivity contribution in [2.75, 3.05) is 18.0 Å². The van der Waals surface area contributed by atoms with Crippen LogP contribution in [0.25, 0.3) is 0 Å². The van der Waals surface area contributed by atoms with Crippen LogP contribution >= 0.6 is 12.4 Å². The molecule has 1 atom stereocenters. The van der Waals surface area contributed by atoms with Crippen LogP contribution in [0.4, 0.5) is 18.9 Å². The maximum Gasteiger partial charge on any atom is 0.390 e. The zero-order valence-electron chi connectivity index (χ0n) is 11.4. The molecule has 3 N–H and O–H groups in total. The second kappa shape index (κ2) is 7.59. The van der Waals surface area contributed by atoms with Crippen LogP contribution in [0.2, 0.25) is 0 Å². The molecule has 0 unspecified atom stereocenters. The summed E-state index contributed by atoms with van der Waals surface area (Å²) in [5.41, 5.74) is 6.37. The number of nitrogens with zero attached hydrogens (tertiary/aromatic N) is 1. The van der Waals surface area contributed by atoms with E-state index in [0.29, 0.717) is 0 Å². The van der Waals surface area contributed by atoms with Gasteiger partial charge < -0.3 is 15.7 Å². The number of halogens is 4. The topological polar surface area (TPSA) is 49.5 Å². The maximum absolute atomic E-state index is 12.3. The summed E-state index contributed by atoms with van der Waals surface area (Å²) in [7, 11) is 0. The molecule has 0 saturated heterocycles. The normalized spacial score (nSPS) is 12.7. The Hall–Kier alpha value is -1.14. The van der Waals surface area contributed by atoms with Gasteiger partial charge in [0.05, 0.1) is 6.42 Å². The third kappa shape index (κ3) is 5.09. The van der Waals surface area contributed by atoms with Crippen molar-refractivity contribution in [1.82, 2.24) is 0 Å². The van der Waals surface area contributed by atoms with Crippen molar-refractivity contribution < 1.29 is 18.3 Å². The Morgan fingerprint density at radius 3 is 2.20 bits per heavy atom. The Labute approximate surface area is 123 Å². The highest BCUT2D eigenvalue weighted by atomic mass is 35.5. The van der Waals surface area contributed by atoms with Gasteiger partial charge in [0, 0.05) is 36.4 Å². The highest BCUT2D eigenvalue weighted by Crippen LogP contribution is 2.34. The summed E-state index contributed by atoms with van der Waals surface area (Å²) in [6.07, 6.45) is -5.49. The molecular weight excluding hydrogens is 293 g/mol. The molecule has 1 aromatic carbocycles. The molecule has 3 nitrogen and oxygen atoms in total. The van der Waals surface area contributed by atoms with Crippen LogP contribution in [0.5, 0.6) is 5.75 Å². The minimum atomic E-state index is -4.34.